The van der Waals surface area contributed by atoms with E-state index in [1.54, 1.807) is 6.07 Å². The molecule has 1 fully saturated rings. The first-order chi connectivity index (χ1) is 12.9. The van der Waals surface area contributed by atoms with Crippen molar-refractivity contribution in [1.82, 2.24) is 0 Å². The van der Waals surface area contributed by atoms with Gasteiger partial charge in [0.2, 0.25) is 5.91 Å². The third-order valence-electron chi connectivity index (χ3n) is 4.09. The lowest BCUT2D eigenvalue weighted by Gasteiger charge is -2.16. The van der Waals surface area contributed by atoms with E-state index >= 15 is 0 Å². The molecular weight excluding hydrogens is 358 g/mol. The first kappa shape index (κ1) is 18.5. The van der Waals surface area contributed by atoms with Gasteiger partial charge in [-0.15, -0.1) is 0 Å². The third kappa shape index (κ3) is 4.46. The molecule has 140 valence electrons. The summed E-state index contributed by atoms with van der Waals surface area (Å²) in [5.41, 5.74) is 0.464. The molecule has 0 unspecified atom stereocenters. The summed E-state index contributed by atoms with van der Waals surface area (Å²) in [6.07, 6.45) is -0.0643. The van der Waals surface area contributed by atoms with E-state index in [-0.39, 0.29) is 24.6 Å². The molecule has 0 bridgehead atoms. The van der Waals surface area contributed by atoms with Crippen LogP contribution < -0.4 is 10.2 Å². The molecule has 0 aromatic heterocycles. The second kappa shape index (κ2) is 7.94. The Morgan fingerprint density at radius 2 is 1.81 bits per heavy atom. The van der Waals surface area contributed by atoms with Crippen molar-refractivity contribution in [3.63, 3.8) is 0 Å². The van der Waals surface area contributed by atoms with E-state index in [0.29, 0.717) is 5.69 Å². The van der Waals surface area contributed by atoms with Gasteiger partial charge in [-0.05, 0) is 36.4 Å². The summed E-state index contributed by atoms with van der Waals surface area (Å²) < 4.78 is 31.4. The number of ether oxygens (including phenoxy) is 1. The van der Waals surface area contributed by atoms with Crippen molar-refractivity contribution in [3.8, 4) is 0 Å². The fourth-order valence-corrected chi connectivity index (χ4v) is 2.74. The van der Waals surface area contributed by atoms with Crippen LogP contribution in [0.3, 0.4) is 0 Å². The van der Waals surface area contributed by atoms with E-state index in [1.165, 1.54) is 47.4 Å². The minimum absolute atomic E-state index is 0.0166. The van der Waals surface area contributed by atoms with Gasteiger partial charge >= 0.3 is 5.97 Å². The number of halogens is 2. The van der Waals surface area contributed by atoms with Gasteiger partial charge in [0.05, 0.1) is 11.6 Å². The van der Waals surface area contributed by atoms with E-state index < -0.39 is 36.0 Å². The first-order valence-corrected chi connectivity index (χ1v) is 8.21. The highest BCUT2D eigenvalue weighted by atomic mass is 19.1. The lowest BCUT2D eigenvalue weighted by atomic mass is 10.1. The molecular formula is C19H16F2N2O4. The largest absolute Gasteiger partial charge is 0.455 e. The number of anilines is 2. The Hall–Kier alpha value is -3.29. The van der Waals surface area contributed by atoms with E-state index in [9.17, 15) is 23.2 Å². The molecule has 1 aliphatic rings. The van der Waals surface area contributed by atoms with Crippen molar-refractivity contribution >= 4 is 29.2 Å². The summed E-state index contributed by atoms with van der Waals surface area (Å²) in [4.78, 5) is 37.4. The average Bonchev–Trinajstić information content (AvgIpc) is 3.04. The summed E-state index contributed by atoms with van der Waals surface area (Å²) in [6, 6.07) is 10.9. The molecule has 2 aromatic rings. The van der Waals surface area contributed by atoms with Gasteiger partial charge < -0.3 is 15.0 Å². The lowest BCUT2D eigenvalue weighted by molar-refractivity contribution is -0.151. The highest BCUT2D eigenvalue weighted by molar-refractivity contribution is 6.00. The zero-order valence-corrected chi connectivity index (χ0v) is 14.2. The Labute approximate surface area is 153 Å². The molecule has 27 heavy (non-hydrogen) atoms. The SMILES string of the molecule is O=C(COC(=O)[C@H]1CC(=O)N(c2ccc(F)cc2)C1)Nc1ccccc1F. The fourth-order valence-electron chi connectivity index (χ4n) is 2.74. The van der Waals surface area contributed by atoms with Crippen molar-refractivity contribution in [2.75, 3.05) is 23.4 Å². The second-order valence-electron chi connectivity index (χ2n) is 6.02. The number of para-hydroxylation sites is 1. The Bertz CT molecular complexity index is 870. The number of esters is 1. The van der Waals surface area contributed by atoms with Gasteiger partial charge in [-0.25, -0.2) is 8.78 Å². The number of hydrogen-bond acceptors (Lipinski definition) is 4. The molecule has 3 rings (SSSR count). The minimum atomic E-state index is -0.733. The Morgan fingerprint density at radius 3 is 2.52 bits per heavy atom. The van der Waals surface area contributed by atoms with Gasteiger partial charge in [0.15, 0.2) is 6.61 Å². The molecule has 1 heterocycles. The van der Waals surface area contributed by atoms with Crippen LogP contribution in [-0.4, -0.2) is 30.9 Å². The smallest absolute Gasteiger partial charge is 0.311 e. The number of rotatable bonds is 5. The van der Waals surface area contributed by atoms with Gasteiger partial charge in [0, 0.05) is 18.7 Å². The quantitative estimate of drug-likeness (QED) is 0.816. The molecule has 1 aliphatic heterocycles. The number of carbonyl (C=O) groups is 3. The standard InChI is InChI=1S/C19H16F2N2O4/c20-13-5-7-14(8-6-13)23-10-12(9-18(23)25)19(26)27-11-17(24)22-16-4-2-1-3-15(16)21/h1-8,12H,9-11H2,(H,22,24)/t12-/m0/s1. The average molecular weight is 374 g/mol. The summed E-state index contributed by atoms with van der Waals surface area (Å²) in [5, 5.41) is 2.30. The highest BCUT2D eigenvalue weighted by Gasteiger charge is 2.36. The van der Waals surface area contributed by atoms with Crippen LogP contribution in [0.5, 0.6) is 0 Å². The molecule has 2 amide bonds. The maximum absolute atomic E-state index is 13.5. The molecule has 1 N–H and O–H groups in total. The molecule has 2 aromatic carbocycles. The van der Waals surface area contributed by atoms with Crippen LogP contribution in [0, 0.1) is 17.6 Å². The van der Waals surface area contributed by atoms with Crippen LogP contribution in [-0.2, 0) is 19.1 Å². The normalized spacial score (nSPS) is 16.3. The Kier molecular flexibility index (Phi) is 5.44. The Morgan fingerprint density at radius 1 is 1.11 bits per heavy atom. The van der Waals surface area contributed by atoms with Gasteiger partial charge in [-0.1, -0.05) is 12.1 Å². The van der Waals surface area contributed by atoms with Gasteiger partial charge in [0.25, 0.3) is 5.91 Å². The van der Waals surface area contributed by atoms with Gasteiger partial charge in [-0.3, -0.25) is 14.4 Å². The third-order valence-corrected chi connectivity index (χ3v) is 4.09. The highest BCUT2D eigenvalue weighted by Crippen LogP contribution is 2.26. The monoisotopic (exact) mass is 374 g/mol. The molecule has 6 nitrogen and oxygen atoms in total. The number of amides is 2. The zero-order chi connectivity index (χ0) is 19.4. The molecule has 0 radical (unpaired) electrons. The van der Waals surface area contributed by atoms with Crippen molar-refractivity contribution in [3.05, 3.63) is 60.2 Å². The van der Waals surface area contributed by atoms with Crippen LogP contribution in [0.4, 0.5) is 20.2 Å². The topological polar surface area (TPSA) is 75.7 Å². The molecule has 1 atom stereocenters. The first-order valence-electron chi connectivity index (χ1n) is 8.21. The van der Waals surface area contributed by atoms with E-state index in [4.69, 9.17) is 4.74 Å². The predicted molar refractivity (Wildman–Crippen MR) is 92.8 cm³/mol. The van der Waals surface area contributed by atoms with Crippen molar-refractivity contribution in [2.24, 2.45) is 5.92 Å². The predicted octanol–water partition coefficient (Wildman–Crippen LogP) is 2.50. The van der Waals surface area contributed by atoms with Crippen LogP contribution in [0.2, 0.25) is 0 Å². The summed E-state index contributed by atoms with van der Waals surface area (Å²) >= 11 is 0. The number of nitrogens with one attached hydrogen (secondary N) is 1. The number of carbonyl (C=O) groups excluding carboxylic acids is 3. The van der Waals surface area contributed by atoms with E-state index in [2.05, 4.69) is 5.32 Å². The number of hydrogen-bond donors (Lipinski definition) is 1. The molecule has 8 heteroatoms. The van der Waals surface area contributed by atoms with Crippen LogP contribution >= 0.6 is 0 Å². The zero-order valence-electron chi connectivity index (χ0n) is 14.2. The van der Waals surface area contributed by atoms with Gasteiger partial charge in [0.1, 0.15) is 11.6 Å². The molecule has 1 saturated heterocycles. The van der Waals surface area contributed by atoms with E-state index in [1.807, 2.05) is 0 Å². The molecule has 0 aliphatic carbocycles. The Balaban J connectivity index is 1.53. The van der Waals surface area contributed by atoms with Crippen LogP contribution in [0.25, 0.3) is 0 Å². The maximum atomic E-state index is 13.5. The number of benzene rings is 2. The van der Waals surface area contributed by atoms with Crippen molar-refractivity contribution < 1.29 is 27.9 Å². The summed E-state index contributed by atoms with van der Waals surface area (Å²) in [7, 11) is 0. The maximum Gasteiger partial charge on any atom is 0.311 e. The second-order valence-corrected chi connectivity index (χ2v) is 6.02. The lowest BCUT2D eigenvalue weighted by Crippen LogP contribution is -2.28. The minimum Gasteiger partial charge on any atom is -0.455 e. The van der Waals surface area contributed by atoms with Gasteiger partial charge in [-0.2, -0.15) is 0 Å². The summed E-state index contributed by atoms with van der Waals surface area (Å²) in [6.45, 7) is -0.507. The molecule has 0 spiro atoms. The van der Waals surface area contributed by atoms with Crippen molar-refractivity contribution in [1.29, 1.82) is 0 Å². The number of nitrogens with zero attached hydrogens (tertiary/aromatic N) is 1. The van der Waals surface area contributed by atoms with E-state index in [0.717, 1.165) is 0 Å². The summed E-state index contributed by atoms with van der Waals surface area (Å²) in [5.74, 6) is -3.44. The van der Waals surface area contributed by atoms with Crippen LogP contribution in [0.1, 0.15) is 6.42 Å². The fraction of sp³-hybridized carbons (Fsp3) is 0.211. The van der Waals surface area contributed by atoms with Crippen LogP contribution in [0.15, 0.2) is 48.5 Å². The molecule has 0 saturated carbocycles. The van der Waals surface area contributed by atoms with Crippen molar-refractivity contribution in [2.45, 2.75) is 6.42 Å².